The van der Waals surface area contributed by atoms with Crippen LogP contribution in [0.2, 0.25) is 0 Å². The fourth-order valence-electron chi connectivity index (χ4n) is 3.84. The van der Waals surface area contributed by atoms with Crippen LogP contribution in [0.15, 0.2) is 60.7 Å². The summed E-state index contributed by atoms with van der Waals surface area (Å²) in [6, 6.07) is 19.0. The van der Waals surface area contributed by atoms with E-state index in [1.165, 1.54) is 0 Å². The van der Waals surface area contributed by atoms with Crippen LogP contribution in [0, 0.1) is 0 Å². The number of H-pyrrole nitrogens is 1. The van der Waals surface area contributed by atoms with Crippen LogP contribution in [0.4, 0.5) is 0 Å². The number of carbonyl (C=O) groups is 1. The average molecular weight is 443 g/mol. The minimum absolute atomic E-state index is 0.0351. The number of hydrogen-bond acceptors (Lipinski definition) is 5. The second kappa shape index (κ2) is 9.61. The Bertz CT molecular complexity index is 1190. The molecule has 0 saturated heterocycles. The molecular formula is C27H26N2O4. The summed E-state index contributed by atoms with van der Waals surface area (Å²) in [7, 11) is 3.27. The molecule has 33 heavy (non-hydrogen) atoms. The van der Waals surface area contributed by atoms with Crippen LogP contribution in [-0.2, 0) is 6.42 Å². The van der Waals surface area contributed by atoms with Crippen molar-refractivity contribution in [3.8, 4) is 51.2 Å². The van der Waals surface area contributed by atoms with Gasteiger partial charge in [0.15, 0.2) is 6.29 Å². The minimum atomic E-state index is 0.0351. The first-order valence-corrected chi connectivity index (χ1v) is 10.8. The van der Waals surface area contributed by atoms with Crippen LogP contribution in [0.25, 0.3) is 33.9 Å². The van der Waals surface area contributed by atoms with Crippen LogP contribution in [0.3, 0.4) is 0 Å². The van der Waals surface area contributed by atoms with E-state index in [4.69, 9.17) is 14.5 Å². The number of imidazole rings is 1. The number of aromatic nitrogens is 2. The zero-order chi connectivity index (χ0) is 23.4. The monoisotopic (exact) mass is 442 g/mol. The zero-order valence-corrected chi connectivity index (χ0v) is 18.9. The van der Waals surface area contributed by atoms with E-state index >= 15 is 0 Å². The Morgan fingerprint density at radius 3 is 2.06 bits per heavy atom. The first-order valence-electron chi connectivity index (χ1n) is 10.8. The maximum absolute atomic E-state index is 11.6. The Hall–Kier alpha value is -4.06. The van der Waals surface area contributed by atoms with Crippen molar-refractivity contribution in [3.05, 3.63) is 71.8 Å². The lowest BCUT2D eigenvalue weighted by Crippen LogP contribution is -1.93. The van der Waals surface area contributed by atoms with Gasteiger partial charge in [-0.1, -0.05) is 13.3 Å². The predicted molar refractivity (Wildman–Crippen MR) is 129 cm³/mol. The molecule has 0 radical (unpaired) electrons. The molecule has 0 aliphatic carbocycles. The van der Waals surface area contributed by atoms with Gasteiger partial charge in [0, 0.05) is 16.7 Å². The molecule has 0 unspecified atom stereocenters. The number of aromatic amines is 1. The summed E-state index contributed by atoms with van der Waals surface area (Å²) >= 11 is 0. The highest BCUT2D eigenvalue weighted by Gasteiger charge is 2.18. The lowest BCUT2D eigenvalue weighted by Gasteiger charge is -2.08. The number of methoxy groups -OCH3 is 2. The first kappa shape index (κ1) is 22.1. The number of benzene rings is 3. The van der Waals surface area contributed by atoms with E-state index in [9.17, 15) is 9.90 Å². The number of aromatic hydroxyl groups is 1. The van der Waals surface area contributed by atoms with Crippen molar-refractivity contribution in [3.63, 3.8) is 0 Å². The van der Waals surface area contributed by atoms with Gasteiger partial charge in [0.1, 0.15) is 23.1 Å². The summed E-state index contributed by atoms with van der Waals surface area (Å²) in [5.41, 5.74) is 5.21. The molecule has 3 aromatic carbocycles. The quantitative estimate of drug-likeness (QED) is 0.332. The molecule has 0 fully saturated rings. The van der Waals surface area contributed by atoms with Crippen LogP contribution in [0.1, 0.15) is 29.3 Å². The summed E-state index contributed by atoms with van der Waals surface area (Å²) in [6.07, 6.45) is 2.19. The molecule has 0 bridgehead atoms. The van der Waals surface area contributed by atoms with Gasteiger partial charge in [0.25, 0.3) is 0 Å². The Morgan fingerprint density at radius 2 is 1.52 bits per heavy atom. The molecule has 0 saturated carbocycles. The van der Waals surface area contributed by atoms with Crippen molar-refractivity contribution >= 4 is 6.29 Å². The number of phenols is 1. The number of hydrogen-bond donors (Lipinski definition) is 2. The molecule has 2 N–H and O–H groups in total. The van der Waals surface area contributed by atoms with Crippen LogP contribution >= 0.6 is 0 Å². The van der Waals surface area contributed by atoms with Crippen molar-refractivity contribution in [2.24, 2.45) is 0 Å². The highest BCUT2D eigenvalue weighted by atomic mass is 16.5. The number of phenolic OH excluding ortho intramolecular Hbond substituents is 1. The summed E-state index contributed by atoms with van der Waals surface area (Å²) in [6.45, 7) is 2.03. The van der Waals surface area contributed by atoms with Crippen molar-refractivity contribution in [1.29, 1.82) is 0 Å². The van der Waals surface area contributed by atoms with E-state index in [-0.39, 0.29) is 11.3 Å². The summed E-state index contributed by atoms with van der Waals surface area (Å²) < 4.78 is 10.6. The number of rotatable bonds is 8. The van der Waals surface area contributed by atoms with Crippen molar-refractivity contribution in [2.45, 2.75) is 19.8 Å². The van der Waals surface area contributed by atoms with Gasteiger partial charge in [-0.05, 0) is 72.6 Å². The zero-order valence-electron chi connectivity index (χ0n) is 18.9. The number of aryl methyl sites for hydroxylation is 1. The van der Waals surface area contributed by atoms with Gasteiger partial charge in [-0.15, -0.1) is 0 Å². The molecule has 6 heteroatoms. The molecular weight excluding hydrogens is 416 g/mol. The second-order valence-corrected chi connectivity index (χ2v) is 7.71. The van der Waals surface area contributed by atoms with Gasteiger partial charge >= 0.3 is 0 Å². The van der Waals surface area contributed by atoms with E-state index < -0.39 is 0 Å². The molecule has 0 aliphatic rings. The molecule has 1 heterocycles. The second-order valence-electron chi connectivity index (χ2n) is 7.71. The summed E-state index contributed by atoms with van der Waals surface area (Å²) in [4.78, 5) is 19.9. The van der Waals surface area contributed by atoms with Crippen LogP contribution in [0.5, 0.6) is 17.2 Å². The van der Waals surface area contributed by atoms with Gasteiger partial charge < -0.3 is 19.6 Å². The van der Waals surface area contributed by atoms with Gasteiger partial charge in [-0.3, -0.25) is 4.79 Å². The standard InChI is InChI=1S/C27H26N2O4/c1-4-5-19-14-20(15-21(16-30)26(19)31)27-28-24(17-6-10-22(32-2)11-7-17)25(29-27)18-8-12-23(33-3)13-9-18/h6-16,31H,4-5H2,1-3H3,(H,28,29). The normalized spacial score (nSPS) is 10.8. The fraction of sp³-hybridized carbons (Fsp3) is 0.185. The fourth-order valence-corrected chi connectivity index (χ4v) is 3.84. The number of nitrogens with zero attached hydrogens (tertiary/aromatic N) is 1. The Labute approximate surface area is 192 Å². The third-order valence-corrected chi connectivity index (χ3v) is 5.58. The van der Waals surface area contributed by atoms with Gasteiger partial charge in [-0.25, -0.2) is 4.98 Å². The lowest BCUT2D eigenvalue weighted by molar-refractivity contribution is 0.112. The number of aldehydes is 1. The molecule has 4 aromatic rings. The van der Waals surface area contributed by atoms with Crippen molar-refractivity contribution in [2.75, 3.05) is 14.2 Å². The molecule has 0 spiro atoms. The van der Waals surface area contributed by atoms with E-state index in [1.54, 1.807) is 20.3 Å². The molecule has 0 amide bonds. The molecule has 0 aliphatic heterocycles. The van der Waals surface area contributed by atoms with Gasteiger partial charge in [-0.2, -0.15) is 0 Å². The Kier molecular flexibility index (Phi) is 6.45. The molecule has 6 nitrogen and oxygen atoms in total. The smallest absolute Gasteiger partial charge is 0.153 e. The van der Waals surface area contributed by atoms with Crippen molar-refractivity contribution in [1.82, 2.24) is 9.97 Å². The van der Waals surface area contributed by atoms with Gasteiger partial charge in [0.2, 0.25) is 0 Å². The van der Waals surface area contributed by atoms with E-state index in [1.807, 2.05) is 61.5 Å². The maximum atomic E-state index is 11.6. The number of nitrogens with one attached hydrogen (secondary N) is 1. The summed E-state index contributed by atoms with van der Waals surface area (Å²) in [5, 5.41) is 10.4. The Balaban J connectivity index is 1.89. The molecule has 168 valence electrons. The topological polar surface area (TPSA) is 84.4 Å². The molecule has 0 atom stereocenters. The highest BCUT2D eigenvalue weighted by molar-refractivity contribution is 5.85. The molecule has 1 aromatic heterocycles. The third-order valence-electron chi connectivity index (χ3n) is 5.58. The van der Waals surface area contributed by atoms with E-state index in [2.05, 4.69) is 4.98 Å². The first-order chi connectivity index (χ1) is 16.1. The van der Waals surface area contributed by atoms with E-state index in [0.717, 1.165) is 51.6 Å². The van der Waals surface area contributed by atoms with Crippen LogP contribution < -0.4 is 9.47 Å². The maximum Gasteiger partial charge on any atom is 0.153 e. The SMILES string of the molecule is CCCc1cc(-c2nc(-c3ccc(OC)cc3)c(-c3ccc(OC)cc3)[nH]2)cc(C=O)c1O. The van der Waals surface area contributed by atoms with Crippen LogP contribution in [-0.4, -0.2) is 35.6 Å². The lowest BCUT2D eigenvalue weighted by atomic mass is 10.0. The van der Waals surface area contributed by atoms with Crippen molar-refractivity contribution < 1.29 is 19.4 Å². The summed E-state index contributed by atoms with van der Waals surface area (Å²) in [5.74, 6) is 2.18. The minimum Gasteiger partial charge on any atom is -0.507 e. The predicted octanol–water partition coefficient (Wildman–Crippen LogP) is 5.90. The Morgan fingerprint density at radius 1 is 0.909 bits per heavy atom. The number of ether oxygens (including phenoxy) is 2. The highest BCUT2D eigenvalue weighted by Crippen LogP contribution is 2.36. The molecule has 4 rings (SSSR count). The van der Waals surface area contributed by atoms with Gasteiger partial charge in [0.05, 0.1) is 31.2 Å². The largest absolute Gasteiger partial charge is 0.507 e. The third kappa shape index (κ3) is 4.46. The van der Waals surface area contributed by atoms with E-state index in [0.29, 0.717) is 18.5 Å². The average Bonchev–Trinajstić information content (AvgIpc) is 3.31. The number of carbonyl (C=O) groups excluding carboxylic acids is 1.